The minimum Gasteiger partial charge on any atom is -0.0893 e. The normalized spacial score (nSPS) is 21.1. The zero-order valence-corrected chi connectivity index (χ0v) is 5.57. The van der Waals surface area contributed by atoms with Gasteiger partial charge in [0.2, 0.25) is 0 Å². The van der Waals surface area contributed by atoms with Crippen LogP contribution in [0.15, 0.2) is 0 Å². The SMILES string of the molecule is S=C1CCC(=S)C1. The molecule has 38 valence electrons. The van der Waals surface area contributed by atoms with E-state index in [9.17, 15) is 0 Å². The fourth-order valence-electron chi connectivity index (χ4n) is 0.676. The lowest BCUT2D eigenvalue weighted by molar-refractivity contribution is 1.23. The second-order valence-corrected chi connectivity index (χ2v) is 2.91. The molecule has 0 aliphatic heterocycles. The van der Waals surface area contributed by atoms with E-state index in [-0.39, 0.29) is 0 Å². The Labute approximate surface area is 53.9 Å². The zero-order chi connectivity index (χ0) is 5.28. The van der Waals surface area contributed by atoms with Gasteiger partial charge < -0.3 is 0 Å². The second kappa shape index (κ2) is 1.97. The van der Waals surface area contributed by atoms with Crippen molar-refractivity contribution >= 4 is 34.2 Å². The van der Waals surface area contributed by atoms with E-state index in [0.29, 0.717) is 0 Å². The summed E-state index contributed by atoms with van der Waals surface area (Å²) in [5.74, 6) is 0. The Bertz CT molecular complexity index is 101. The highest BCUT2D eigenvalue weighted by molar-refractivity contribution is 7.82. The summed E-state index contributed by atoms with van der Waals surface area (Å²) >= 11 is 9.82. The van der Waals surface area contributed by atoms with Gasteiger partial charge in [0.15, 0.2) is 0 Å². The minimum atomic E-state index is 0.935. The smallest absolute Gasteiger partial charge is 0.0102 e. The van der Waals surface area contributed by atoms with Gasteiger partial charge in [-0.1, -0.05) is 24.4 Å². The molecule has 0 unspecified atom stereocenters. The van der Waals surface area contributed by atoms with Gasteiger partial charge in [-0.15, -0.1) is 0 Å². The molecular weight excluding hydrogens is 124 g/mol. The van der Waals surface area contributed by atoms with E-state index in [1.54, 1.807) is 0 Å². The lowest BCUT2D eigenvalue weighted by Gasteiger charge is -1.78. The van der Waals surface area contributed by atoms with Crippen molar-refractivity contribution in [3.8, 4) is 0 Å². The van der Waals surface area contributed by atoms with Crippen LogP contribution in [0.4, 0.5) is 0 Å². The van der Waals surface area contributed by atoms with Gasteiger partial charge in [0, 0.05) is 6.42 Å². The number of hydrogen-bond acceptors (Lipinski definition) is 2. The van der Waals surface area contributed by atoms with E-state index < -0.39 is 0 Å². The van der Waals surface area contributed by atoms with Gasteiger partial charge in [0.25, 0.3) is 0 Å². The average Bonchev–Trinajstić information content (AvgIpc) is 1.87. The summed E-state index contributed by atoms with van der Waals surface area (Å²) in [6, 6.07) is 0. The van der Waals surface area contributed by atoms with E-state index in [1.807, 2.05) is 0 Å². The lowest BCUT2D eigenvalue weighted by atomic mass is 10.4. The lowest BCUT2D eigenvalue weighted by Crippen LogP contribution is -1.83. The molecule has 0 radical (unpaired) electrons. The van der Waals surface area contributed by atoms with Crippen molar-refractivity contribution in [2.45, 2.75) is 19.3 Å². The van der Waals surface area contributed by atoms with Crippen LogP contribution in [0.25, 0.3) is 0 Å². The zero-order valence-electron chi connectivity index (χ0n) is 3.94. The second-order valence-electron chi connectivity index (χ2n) is 1.75. The van der Waals surface area contributed by atoms with Gasteiger partial charge in [-0.2, -0.15) is 0 Å². The highest BCUT2D eigenvalue weighted by Gasteiger charge is 2.09. The van der Waals surface area contributed by atoms with Crippen LogP contribution in [0.1, 0.15) is 19.3 Å². The maximum absolute atomic E-state index is 4.91. The first-order valence-corrected chi connectivity index (χ1v) is 3.14. The Morgan fingerprint density at radius 1 is 1.00 bits per heavy atom. The molecule has 1 fully saturated rings. The molecule has 1 rings (SSSR count). The van der Waals surface area contributed by atoms with Gasteiger partial charge in [-0.25, -0.2) is 0 Å². The van der Waals surface area contributed by atoms with Crippen molar-refractivity contribution in [2.24, 2.45) is 0 Å². The Balaban J connectivity index is 2.55. The Hall–Kier alpha value is 0.180. The quantitative estimate of drug-likeness (QED) is 0.459. The molecule has 0 nitrogen and oxygen atoms in total. The predicted molar refractivity (Wildman–Crippen MR) is 39.0 cm³/mol. The van der Waals surface area contributed by atoms with Crippen molar-refractivity contribution in [3.05, 3.63) is 0 Å². The Morgan fingerprint density at radius 3 is 1.57 bits per heavy atom. The Morgan fingerprint density at radius 2 is 1.43 bits per heavy atom. The maximum Gasteiger partial charge on any atom is 0.0102 e. The van der Waals surface area contributed by atoms with Crippen LogP contribution in [0.3, 0.4) is 0 Å². The molecule has 7 heavy (non-hydrogen) atoms. The van der Waals surface area contributed by atoms with Crippen molar-refractivity contribution in [1.29, 1.82) is 0 Å². The van der Waals surface area contributed by atoms with Crippen molar-refractivity contribution in [3.63, 3.8) is 0 Å². The molecule has 0 aromatic heterocycles. The van der Waals surface area contributed by atoms with Gasteiger partial charge >= 0.3 is 0 Å². The van der Waals surface area contributed by atoms with Crippen LogP contribution in [0.2, 0.25) is 0 Å². The molecule has 0 saturated heterocycles. The van der Waals surface area contributed by atoms with Crippen LogP contribution >= 0.6 is 24.4 Å². The molecule has 1 aliphatic rings. The van der Waals surface area contributed by atoms with Crippen LogP contribution in [-0.4, -0.2) is 9.73 Å². The van der Waals surface area contributed by atoms with Gasteiger partial charge in [0.1, 0.15) is 0 Å². The largest absolute Gasteiger partial charge is 0.0893 e. The summed E-state index contributed by atoms with van der Waals surface area (Å²) in [5, 5.41) is 0. The summed E-state index contributed by atoms with van der Waals surface area (Å²) in [5.41, 5.74) is 0. The third-order valence-electron chi connectivity index (χ3n) is 1.08. The molecule has 0 spiro atoms. The molecule has 0 atom stereocenters. The number of hydrogen-bond donors (Lipinski definition) is 0. The molecule has 0 aromatic rings. The van der Waals surface area contributed by atoms with Crippen LogP contribution in [0.5, 0.6) is 0 Å². The van der Waals surface area contributed by atoms with E-state index >= 15 is 0 Å². The number of thiocarbonyl (C=S) groups is 2. The first-order chi connectivity index (χ1) is 3.29. The van der Waals surface area contributed by atoms with Gasteiger partial charge in [-0.05, 0) is 22.6 Å². The molecule has 2 heteroatoms. The summed E-state index contributed by atoms with van der Waals surface area (Å²) < 4.78 is 0. The van der Waals surface area contributed by atoms with Crippen molar-refractivity contribution in [1.82, 2.24) is 0 Å². The molecule has 0 heterocycles. The van der Waals surface area contributed by atoms with Crippen LogP contribution in [-0.2, 0) is 0 Å². The molecule has 1 aliphatic carbocycles. The predicted octanol–water partition coefficient (Wildman–Crippen LogP) is 1.91. The molecule has 0 amide bonds. The fraction of sp³-hybridized carbons (Fsp3) is 0.600. The summed E-state index contributed by atoms with van der Waals surface area (Å²) in [4.78, 5) is 2.29. The highest BCUT2D eigenvalue weighted by Crippen LogP contribution is 2.12. The number of rotatable bonds is 0. The third-order valence-corrected chi connectivity index (χ3v) is 1.77. The molecule has 0 aromatic carbocycles. The van der Waals surface area contributed by atoms with Crippen LogP contribution in [0, 0.1) is 0 Å². The summed E-state index contributed by atoms with van der Waals surface area (Å²) in [7, 11) is 0. The van der Waals surface area contributed by atoms with E-state index in [1.165, 1.54) is 0 Å². The maximum atomic E-state index is 4.91. The van der Waals surface area contributed by atoms with E-state index in [2.05, 4.69) is 0 Å². The van der Waals surface area contributed by atoms with E-state index in [4.69, 9.17) is 24.4 Å². The molecular formula is C5H6S2. The first-order valence-electron chi connectivity index (χ1n) is 2.32. The topological polar surface area (TPSA) is 0 Å². The monoisotopic (exact) mass is 130 g/mol. The summed E-state index contributed by atoms with van der Waals surface area (Å²) in [6.07, 6.45) is 3.06. The molecule has 1 saturated carbocycles. The minimum absolute atomic E-state index is 0.935. The standard InChI is InChI=1S/C5H6S2/c6-4-1-2-5(7)3-4/h1-3H2. The van der Waals surface area contributed by atoms with Gasteiger partial charge in [0.05, 0.1) is 0 Å². The van der Waals surface area contributed by atoms with Crippen molar-refractivity contribution < 1.29 is 0 Å². The third kappa shape index (κ3) is 1.28. The Kier molecular flexibility index (Phi) is 1.50. The van der Waals surface area contributed by atoms with Gasteiger partial charge in [-0.3, -0.25) is 0 Å². The fourth-order valence-corrected chi connectivity index (χ4v) is 1.32. The average molecular weight is 130 g/mol. The molecule has 0 N–H and O–H groups in total. The first kappa shape index (κ1) is 5.32. The van der Waals surface area contributed by atoms with Crippen molar-refractivity contribution in [2.75, 3.05) is 0 Å². The summed E-state index contributed by atoms with van der Waals surface area (Å²) in [6.45, 7) is 0. The highest BCUT2D eigenvalue weighted by atomic mass is 32.1. The molecule has 0 bridgehead atoms. The van der Waals surface area contributed by atoms with Crippen LogP contribution < -0.4 is 0 Å². The van der Waals surface area contributed by atoms with E-state index in [0.717, 1.165) is 29.0 Å².